The molecule has 5 nitrogen and oxygen atoms in total. The normalized spacial score (nSPS) is 14.2. The van der Waals surface area contributed by atoms with E-state index in [4.69, 9.17) is 22.1 Å². The van der Waals surface area contributed by atoms with Crippen LogP contribution in [0, 0.1) is 0 Å². The molecule has 1 aliphatic rings. The minimum Gasteiger partial charge on any atom is -0.482 e. The molecule has 6 heteroatoms. The van der Waals surface area contributed by atoms with Gasteiger partial charge in [0, 0.05) is 0 Å². The molecule has 1 heterocycles. The quantitative estimate of drug-likeness (QED) is 0.637. The summed E-state index contributed by atoms with van der Waals surface area (Å²) in [6.07, 6.45) is 0.659. The molecule has 0 radical (unpaired) electrons. The number of carbonyl (C=O) groups excluding carboxylic acids is 2. The van der Waals surface area contributed by atoms with Gasteiger partial charge in [0.1, 0.15) is 5.75 Å². The third kappa shape index (κ3) is 2.25. The van der Waals surface area contributed by atoms with Crippen LogP contribution in [-0.4, -0.2) is 24.4 Å². The predicted octanol–water partition coefficient (Wildman–Crippen LogP) is 1.27. The monoisotopic (exact) mass is 254 g/mol. The number of imide groups is 1. The topological polar surface area (TPSA) is 72.6 Å². The number of carbonyl (C=O) groups is 2. The van der Waals surface area contributed by atoms with Crippen LogP contribution in [-0.2, 0) is 11.2 Å². The fourth-order valence-corrected chi connectivity index (χ4v) is 1.90. The van der Waals surface area contributed by atoms with Crippen molar-refractivity contribution in [1.29, 1.82) is 0 Å². The molecule has 0 fully saturated rings. The maximum Gasteiger partial charge on any atom is 0.327 e. The van der Waals surface area contributed by atoms with Crippen LogP contribution in [0.3, 0.4) is 0 Å². The molecule has 0 aliphatic carbocycles. The van der Waals surface area contributed by atoms with Crippen molar-refractivity contribution in [1.82, 2.24) is 0 Å². The summed E-state index contributed by atoms with van der Waals surface area (Å²) in [6, 6.07) is 5.25. The first-order valence-corrected chi connectivity index (χ1v) is 5.49. The molecule has 1 aliphatic heterocycles. The van der Waals surface area contributed by atoms with Crippen molar-refractivity contribution in [2.24, 2.45) is 5.73 Å². The smallest absolute Gasteiger partial charge is 0.327 e. The molecule has 0 bridgehead atoms. The number of ether oxygens (including phenoxy) is 1. The molecule has 1 aromatic carbocycles. The van der Waals surface area contributed by atoms with Crippen molar-refractivity contribution >= 4 is 28.6 Å². The largest absolute Gasteiger partial charge is 0.482 e. The molecule has 2 rings (SSSR count). The molecular formula is C11H11ClN2O3. The van der Waals surface area contributed by atoms with E-state index >= 15 is 0 Å². The van der Waals surface area contributed by atoms with Gasteiger partial charge < -0.3 is 10.5 Å². The van der Waals surface area contributed by atoms with Crippen LogP contribution in [0.5, 0.6) is 5.75 Å². The summed E-state index contributed by atoms with van der Waals surface area (Å²) in [7, 11) is 0. The molecule has 90 valence electrons. The Morgan fingerprint density at radius 1 is 1.53 bits per heavy atom. The molecular weight excluding hydrogens is 244 g/mol. The predicted molar refractivity (Wildman–Crippen MR) is 63.4 cm³/mol. The summed E-state index contributed by atoms with van der Waals surface area (Å²) in [5.41, 5.74) is 6.76. The van der Waals surface area contributed by atoms with E-state index in [1.54, 1.807) is 12.1 Å². The number of benzene rings is 1. The van der Waals surface area contributed by atoms with Crippen LogP contribution in [0.2, 0.25) is 0 Å². The van der Waals surface area contributed by atoms with Crippen LogP contribution >= 0.6 is 11.6 Å². The summed E-state index contributed by atoms with van der Waals surface area (Å²) in [4.78, 5) is 23.7. The SMILES string of the molecule is NCCc1ccc2c(c1)N(C(=O)Cl)C(=O)CO2. The molecule has 0 saturated carbocycles. The molecule has 1 aromatic rings. The molecule has 2 amide bonds. The third-order valence-electron chi connectivity index (χ3n) is 2.47. The molecule has 0 unspecified atom stereocenters. The van der Waals surface area contributed by atoms with E-state index in [0.717, 1.165) is 10.5 Å². The number of fused-ring (bicyclic) bond motifs is 1. The Labute approximate surface area is 103 Å². The Kier molecular flexibility index (Phi) is 3.31. The Hall–Kier alpha value is -1.59. The van der Waals surface area contributed by atoms with Gasteiger partial charge in [-0.15, -0.1) is 0 Å². The summed E-state index contributed by atoms with van der Waals surface area (Å²) >= 11 is 5.39. The van der Waals surface area contributed by atoms with Gasteiger partial charge >= 0.3 is 5.37 Å². The van der Waals surface area contributed by atoms with Crippen LogP contribution in [0.1, 0.15) is 5.56 Å². The van der Waals surface area contributed by atoms with E-state index in [1.165, 1.54) is 0 Å². The third-order valence-corrected chi connectivity index (χ3v) is 2.64. The fourth-order valence-electron chi connectivity index (χ4n) is 1.71. The summed E-state index contributed by atoms with van der Waals surface area (Å²) < 4.78 is 5.22. The lowest BCUT2D eigenvalue weighted by Crippen LogP contribution is -2.40. The standard InChI is InChI=1S/C11H11ClN2O3/c12-11(16)14-8-5-7(3-4-13)1-2-9(8)17-6-10(14)15/h1-2,5H,3-4,6,13H2. The van der Waals surface area contributed by atoms with Gasteiger partial charge in [-0.2, -0.15) is 0 Å². The number of nitrogens with zero attached hydrogens (tertiary/aromatic N) is 1. The average Bonchev–Trinajstić information content (AvgIpc) is 2.28. The molecule has 17 heavy (non-hydrogen) atoms. The number of nitrogens with two attached hydrogens (primary N) is 1. The number of rotatable bonds is 2. The van der Waals surface area contributed by atoms with E-state index in [9.17, 15) is 9.59 Å². The lowest BCUT2D eigenvalue weighted by atomic mass is 10.1. The fraction of sp³-hybridized carbons (Fsp3) is 0.273. The van der Waals surface area contributed by atoms with Crippen LogP contribution in [0.4, 0.5) is 10.5 Å². The Bertz CT molecular complexity index is 476. The first kappa shape index (κ1) is 11.9. The van der Waals surface area contributed by atoms with Crippen molar-refractivity contribution in [2.45, 2.75) is 6.42 Å². The van der Waals surface area contributed by atoms with E-state index in [-0.39, 0.29) is 6.61 Å². The van der Waals surface area contributed by atoms with E-state index in [2.05, 4.69) is 0 Å². The van der Waals surface area contributed by atoms with Crippen LogP contribution in [0.15, 0.2) is 18.2 Å². The lowest BCUT2D eigenvalue weighted by Gasteiger charge is -2.26. The van der Waals surface area contributed by atoms with Crippen molar-refractivity contribution < 1.29 is 14.3 Å². The summed E-state index contributed by atoms with van der Waals surface area (Å²) in [6.45, 7) is 0.310. The minimum atomic E-state index is -0.829. The zero-order valence-electron chi connectivity index (χ0n) is 8.98. The van der Waals surface area contributed by atoms with Crippen molar-refractivity contribution in [3.05, 3.63) is 23.8 Å². The highest BCUT2D eigenvalue weighted by molar-refractivity contribution is 6.68. The maximum atomic E-state index is 11.5. The lowest BCUT2D eigenvalue weighted by molar-refractivity contribution is -0.120. The second kappa shape index (κ2) is 4.73. The summed E-state index contributed by atoms with van der Waals surface area (Å²) in [5.74, 6) is 0.00164. The number of hydrogen-bond acceptors (Lipinski definition) is 4. The number of anilines is 1. The van der Waals surface area contributed by atoms with Gasteiger partial charge in [-0.05, 0) is 42.3 Å². The van der Waals surface area contributed by atoms with Crippen molar-refractivity contribution in [3.8, 4) is 5.75 Å². The van der Waals surface area contributed by atoms with Gasteiger partial charge in [0.05, 0.1) is 5.69 Å². The van der Waals surface area contributed by atoms with Gasteiger partial charge in [0.25, 0.3) is 5.91 Å². The molecule has 0 spiro atoms. The van der Waals surface area contributed by atoms with E-state index < -0.39 is 11.3 Å². The molecule has 0 atom stereocenters. The van der Waals surface area contributed by atoms with Crippen molar-refractivity contribution in [2.75, 3.05) is 18.1 Å². The molecule has 0 saturated heterocycles. The van der Waals surface area contributed by atoms with E-state index in [1.807, 2.05) is 6.07 Å². The van der Waals surface area contributed by atoms with Gasteiger partial charge in [-0.1, -0.05) is 6.07 Å². The van der Waals surface area contributed by atoms with Gasteiger partial charge in [-0.3, -0.25) is 9.59 Å². The van der Waals surface area contributed by atoms with Gasteiger partial charge in [0.2, 0.25) is 0 Å². The van der Waals surface area contributed by atoms with Crippen LogP contribution in [0.25, 0.3) is 0 Å². The maximum absolute atomic E-state index is 11.5. The number of halogens is 1. The number of amides is 2. The minimum absolute atomic E-state index is 0.179. The molecule has 2 N–H and O–H groups in total. The Balaban J connectivity index is 2.45. The highest BCUT2D eigenvalue weighted by atomic mass is 35.5. The van der Waals surface area contributed by atoms with Crippen molar-refractivity contribution in [3.63, 3.8) is 0 Å². The number of hydrogen-bond donors (Lipinski definition) is 1. The second-order valence-corrected chi connectivity index (χ2v) is 3.93. The first-order chi connectivity index (χ1) is 8.13. The average molecular weight is 255 g/mol. The van der Waals surface area contributed by atoms with Gasteiger partial charge in [0.15, 0.2) is 6.61 Å². The Morgan fingerprint density at radius 3 is 2.94 bits per heavy atom. The second-order valence-electron chi connectivity index (χ2n) is 3.61. The van der Waals surface area contributed by atoms with Gasteiger partial charge in [-0.25, -0.2) is 4.90 Å². The summed E-state index contributed by atoms with van der Waals surface area (Å²) in [5, 5.41) is -0.829. The molecule has 0 aromatic heterocycles. The highest BCUT2D eigenvalue weighted by Crippen LogP contribution is 2.33. The Morgan fingerprint density at radius 2 is 2.29 bits per heavy atom. The zero-order chi connectivity index (χ0) is 12.4. The van der Waals surface area contributed by atoms with E-state index in [0.29, 0.717) is 24.4 Å². The van der Waals surface area contributed by atoms with Crippen LogP contribution < -0.4 is 15.4 Å². The highest BCUT2D eigenvalue weighted by Gasteiger charge is 2.29. The first-order valence-electron chi connectivity index (χ1n) is 5.11. The zero-order valence-corrected chi connectivity index (χ0v) is 9.74.